The number of benzene rings is 2. The van der Waals surface area contributed by atoms with Gasteiger partial charge in [-0.25, -0.2) is 0 Å². The average molecular weight is 357 g/mol. The van der Waals surface area contributed by atoms with Gasteiger partial charge in [0.15, 0.2) is 4.32 Å². The predicted molar refractivity (Wildman–Crippen MR) is 98.3 cm³/mol. The Morgan fingerprint density at radius 1 is 1.13 bits per heavy atom. The summed E-state index contributed by atoms with van der Waals surface area (Å²) in [6, 6.07) is 16.1. The molecule has 0 aliphatic carbocycles. The Kier molecular flexibility index (Phi) is 4.49. The van der Waals surface area contributed by atoms with E-state index in [0.717, 1.165) is 5.56 Å². The second-order valence-corrected chi connectivity index (χ2v) is 6.84. The molecule has 0 saturated carbocycles. The van der Waals surface area contributed by atoms with Crippen molar-refractivity contribution in [1.82, 2.24) is 0 Å². The molecule has 1 saturated heterocycles. The van der Waals surface area contributed by atoms with Crippen LogP contribution in [0.25, 0.3) is 6.08 Å². The van der Waals surface area contributed by atoms with Crippen molar-refractivity contribution in [1.29, 1.82) is 5.26 Å². The molecule has 23 heavy (non-hydrogen) atoms. The van der Waals surface area contributed by atoms with E-state index in [1.807, 2.05) is 0 Å². The lowest BCUT2D eigenvalue weighted by atomic mass is 10.1. The smallest absolute Gasteiger partial charge is 0.268 e. The third-order valence-corrected chi connectivity index (χ3v) is 4.77. The van der Waals surface area contributed by atoms with E-state index in [9.17, 15) is 4.79 Å². The van der Waals surface area contributed by atoms with Crippen LogP contribution in [0, 0.1) is 11.3 Å². The number of anilines is 1. The van der Waals surface area contributed by atoms with Crippen LogP contribution in [-0.2, 0) is 4.79 Å². The molecule has 1 aliphatic rings. The molecule has 0 atom stereocenters. The van der Waals surface area contributed by atoms with Gasteiger partial charge < -0.3 is 0 Å². The molecule has 3 rings (SSSR count). The SMILES string of the molecule is N#Cc1ccc(/C=C2\SC(=S)N(c3ccc(Cl)cc3)C2=O)cc1. The van der Waals surface area contributed by atoms with Gasteiger partial charge in [0.2, 0.25) is 0 Å². The molecule has 6 heteroatoms. The molecule has 2 aromatic rings. The standard InChI is InChI=1S/C17H9ClN2OS2/c18-13-5-7-14(8-6-13)20-16(21)15(23-17(20)22)9-11-1-3-12(10-19)4-2-11/h1-9H/b15-9-. The second-order valence-electron chi connectivity index (χ2n) is 4.73. The predicted octanol–water partition coefficient (Wildman–Crippen LogP) is 4.62. The van der Waals surface area contributed by atoms with Crippen LogP contribution < -0.4 is 4.90 Å². The van der Waals surface area contributed by atoms with Gasteiger partial charge in [-0.15, -0.1) is 0 Å². The van der Waals surface area contributed by atoms with E-state index in [1.54, 1.807) is 54.6 Å². The van der Waals surface area contributed by atoms with Gasteiger partial charge in [0.05, 0.1) is 22.2 Å². The fourth-order valence-corrected chi connectivity index (χ4v) is 3.51. The minimum atomic E-state index is -0.160. The van der Waals surface area contributed by atoms with Crippen molar-refractivity contribution in [2.24, 2.45) is 0 Å². The highest BCUT2D eigenvalue weighted by Gasteiger charge is 2.33. The first-order valence-electron chi connectivity index (χ1n) is 6.62. The summed E-state index contributed by atoms with van der Waals surface area (Å²) < 4.78 is 0.484. The monoisotopic (exact) mass is 356 g/mol. The molecule has 3 nitrogen and oxygen atoms in total. The van der Waals surface area contributed by atoms with E-state index in [1.165, 1.54) is 16.7 Å². The molecule has 0 aromatic heterocycles. The topological polar surface area (TPSA) is 44.1 Å². The van der Waals surface area contributed by atoms with Crippen molar-refractivity contribution >= 4 is 57.6 Å². The van der Waals surface area contributed by atoms with Gasteiger partial charge in [-0.1, -0.05) is 47.7 Å². The molecule has 1 fully saturated rings. The molecule has 0 spiro atoms. The summed E-state index contributed by atoms with van der Waals surface area (Å²) in [5.74, 6) is -0.160. The van der Waals surface area contributed by atoms with Crippen molar-refractivity contribution < 1.29 is 4.79 Å². The van der Waals surface area contributed by atoms with Gasteiger partial charge in [-0.05, 0) is 48.0 Å². The summed E-state index contributed by atoms with van der Waals surface area (Å²) >= 11 is 12.4. The molecule has 0 N–H and O–H groups in total. The van der Waals surface area contributed by atoms with Crippen molar-refractivity contribution in [3.63, 3.8) is 0 Å². The van der Waals surface area contributed by atoms with E-state index in [-0.39, 0.29) is 5.91 Å². The normalized spacial score (nSPS) is 16.0. The minimum absolute atomic E-state index is 0.160. The zero-order valence-corrected chi connectivity index (χ0v) is 14.1. The molecule has 1 amide bonds. The lowest BCUT2D eigenvalue weighted by Gasteiger charge is -2.14. The summed E-state index contributed by atoms with van der Waals surface area (Å²) in [5, 5.41) is 9.42. The molecule has 0 radical (unpaired) electrons. The van der Waals surface area contributed by atoms with Crippen molar-refractivity contribution in [2.45, 2.75) is 0 Å². The summed E-state index contributed by atoms with van der Waals surface area (Å²) in [5.41, 5.74) is 2.12. The van der Waals surface area contributed by atoms with Crippen LogP contribution in [0.15, 0.2) is 53.4 Å². The van der Waals surface area contributed by atoms with Gasteiger partial charge in [0.25, 0.3) is 5.91 Å². The highest BCUT2D eigenvalue weighted by Crippen LogP contribution is 2.36. The van der Waals surface area contributed by atoms with Crippen molar-refractivity contribution in [2.75, 3.05) is 4.90 Å². The van der Waals surface area contributed by atoms with E-state index >= 15 is 0 Å². The van der Waals surface area contributed by atoms with Gasteiger partial charge in [-0.3, -0.25) is 9.69 Å². The highest BCUT2D eigenvalue weighted by atomic mass is 35.5. The van der Waals surface area contributed by atoms with E-state index in [0.29, 0.717) is 25.5 Å². The Morgan fingerprint density at radius 3 is 2.39 bits per heavy atom. The number of nitriles is 1. The number of thioether (sulfide) groups is 1. The molecule has 0 bridgehead atoms. The first-order chi connectivity index (χ1) is 11.1. The third-order valence-electron chi connectivity index (χ3n) is 3.22. The van der Waals surface area contributed by atoms with Gasteiger partial charge in [0, 0.05) is 5.02 Å². The average Bonchev–Trinajstić information content (AvgIpc) is 2.83. The number of hydrogen-bond acceptors (Lipinski definition) is 4. The Balaban J connectivity index is 1.89. The first kappa shape index (κ1) is 15.8. The fraction of sp³-hybridized carbons (Fsp3) is 0. The Hall–Kier alpha value is -2.13. The number of thiocarbonyl (C=S) groups is 1. The van der Waals surface area contributed by atoms with Gasteiger partial charge in [-0.2, -0.15) is 5.26 Å². The van der Waals surface area contributed by atoms with Crippen LogP contribution in [0.1, 0.15) is 11.1 Å². The summed E-state index contributed by atoms with van der Waals surface area (Å²) in [6.45, 7) is 0. The molecule has 112 valence electrons. The second kappa shape index (κ2) is 6.55. The highest BCUT2D eigenvalue weighted by molar-refractivity contribution is 8.27. The number of amides is 1. The maximum absolute atomic E-state index is 12.6. The van der Waals surface area contributed by atoms with Crippen molar-refractivity contribution in [3.8, 4) is 6.07 Å². The van der Waals surface area contributed by atoms with Crippen LogP contribution in [0.3, 0.4) is 0 Å². The zero-order valence-electron chi connectivity index (χ0n) is 11.7. The summed E-state index contributed by atoms with van der Waals surface area (Å²) in [6.07, 6.45) is 1.77. The van der Waals surface area contributed by atoms with Crippen LogP contribution in [0.5, 0.6) is 0 Å². The first-order valence-corrected chi connectivity index (χ1v) is 8.22. The Morgan fingerprint density at radius 2 is 1.78 bits per heavy atom. The quantitative estimate of drug-likeness (QED) is 0.582. The number of carbonyl (C=O) groups excluding carboxylic acids is 1. The lowest BCUT2D eigenvalue weighted by Crippen LogP contribution is -2.27. The Bertz CT molecular complexity index is 852. The minimum Gasteiger partial charge on any atom is -0.268 e. The molecular weight excluding hydrogens is 348 g/mol. The van der Waals surface area contributed by atoms with Gasteiger partial charge in [0.1, 0.15) is 0 Å². The number of halogens is 1. The summed E-state index contributed by atoms with van der Waals surface area (Å²) in [4.78, 5) is 14.6. The number of nitrogens with zero attached hydrogens (tertiary/aromatic N) is 2. The molecule has 1 heterocycles. The van der Waals surface area contributed by atoms with Gasteiger partial charge >= 0.3 is 0 Å². The largest absolute Gasteiger partial charge is 0.270 e. The number of carbonyl (C=O) groups is 1. The molecular formula is C17H9ClN2OS2. The van der Waals surface area contributed by atoms with Crippen LogP contribution in [0.4, 0.5) is 5.69 Å². The van der Waals surface area contributed by atoms with E-state index < -0.39 is 0 Å². The van der Waals surface area contributed by atoms with Crippen LogP contribution >= 0.6 is 35.6 Å². The van der Waals surface area contributed by atoms with E-state index in [2.05, 4.69) is 6.07 Å². The summed E-state index contributed by atoms with van der Waals surface area (Å²) in [7, 11) is 0. The fourth-order valence-electron chi connectivity index (χ4n) is 2.09. The van der Waals surface area contributed by atoms with Crippen LogP contribution in [-0.4, -0.2) is 10.2 Å². The van der Waals surface area contributed by atoms with Crippen molar-refractivity contribution in [3.05, 3.63) is 69.6 Å². The maximum atomic E-state index is 12.6. The lowest BCUT2D eigenvalue weighted by molar-refractivity contribution is -0.113. The maximum Gasteiger partial charge on any atom is 0.270 e. The number of rotatable bonds is 2. The van der Waals surface area contributed by atoms with E-state index in [4.69, 9.17) is 29.1 Å². The molecule has 2 aromatic carbocycles. The van der Waals surface area contributed by atoms with Crippen LogP contribution in [0.2, 0.25) is 5.02 Å². The molecule has 1 aliphatic heterocycles. The zero-order chi connectivity index (χ0) is 16.4. The Labute approximate surface area is 148 Å². The third kappa shape index (κ3) is 3.30. The molecule has 0 unspecified atom stereocenters. The number of hydrogen-bond donors (Lipinski definition) is 0.